The number of amides is 2. The first-order valence-corrected chi connectivity index (χ1v) is 8.25. The first kappa shape index (κ1) is 17.2. The summed E-state index contributed by atoms with van der Waals surface area (Å²) in [6, 6.07) is 8.31. The van der Waals surface area contributed by atoms with Crippen LogP contribution in [0.5, 0.6) is 0 Å². The second-order valence-electron chi connectivity index (χ2n) is 4.55. The molecule has 2 aromatic rings. The van der Waals surface area contributed by atoms with Crippen molar-refractivity contribution in [1.82, 2.24) is 10.3 Å². The van der Waals surface area contributed by atoms with Crippen molar-refractivity contribution < 1.29 is 17.6 Å². The van der Waals surface area contributed by atoms with Gasteiger partial charge in [-0.3, -0.25) is 5.43 Å². The van der Waals surface area contributed by atoms with Crippen LogP contribution >= 0.6 is 11.6 Å². The van der Waals surface area contributed by atoms with E-state index in [9.17, 15) is 17.6 Å². The van der Waals surface area contributed by atoms with Crippen molar-refractivity contribution in [2.45, 2.75) is 11.8 Å². The third kappa shape index (κ3) is 4.41. The van der Waals surface area contributed by atoms with Crippen molar-refractivity contribution in [3.05, 3.63) is 58.9 Å². The molecular formula is C14H13ClFN3O3S. The average molecular weight is 358 g/mol. The van der Waals surface area contributed by atoms with E-state index in [1.165, 1.54) is 0 Å². The molecule has 0 heterocycles. The zero-order chi connectivity index (χ0) is 17.0. The van der Waals surface area contributed by atoms with Crippen molar-refractivity contribution in [2.24, 2.45) is 0 Å². The highest BCUT2D eigenvalue weighted by atomic mass is 35.5. The Morgan fingerprint density at radius 3 is 2.43 bits per heavy atom. The van der Waals surface area contributed by atoms with Crippen molar-refractivity contribution in [1.29, 1.82) is 0 Å². The number of carbonyl (C=O) groups is 1. The summed E-state index contributed by atoms with van der Waals surface area (Å²) in [6.45, 7) is 1.71. The molecule has 2 aromatic carbocycles. The summed E-state index contributed by atoms with van der Waals surface area (Å²) in [5.74, 6) is -0.564. The molecule has 0 saturated heterocycles. The molecule has 0 unspecified atom stereocenters. The molecule has 6 nitrogen and oxygen atoms in total. The minimum Gasteiger partial charge on any atom is -0.307 e. The third-order valence-electron chi connectivity index (χ3n) is 2.94. The highest BCUT2D eigenvalue weighted by Gasteiger charge is 2.15. The minimum absolute atomic E-state index is 0.182. The Morgan fingerprint density at radius 2 is 1.78 bits per heavy atom. The van der Waals surface area contributed by atoms with Crippen LogP contribution in [0.1, 0.15) is 5.56 Å². The Kier molecular flexibility index (Phi) is 5.19. The van der Waals surface area contributed by atoms with Crippen LogP contribution in [-0.2, 0) is 10.0 Å². The number of hydrogen-bond donors (Lipinski definition) is 3. The number of anilines is 1. The van der Waals surface area contributed by atoms with Gasteiger partial charge in [0.1, 0.15) is 5.82 Å². The standard InChI is InChI=1S/C14H13ClFN3O3S/c1-9-12(15)3-2-4-13(9)17-14(20)18-19-23(21,22)11-7-5-10(16)6-8-11/h2-8,19H,1H3,(H2,17,18,20). The molecule has 2 amide bonds. The number of sulfonamides is 1. The number of hydrogen-bond acceptors (Lipinski definition) is 3. The molecular weight excluding hydrogens is 345 g/mol. The van der Waals surface area contributed by atoms with Gasteiger partial charge in [-0.15, -0.1) is 4.83 Å². The maximum Gasteiger partial charge on any atom is 0.334 e. The van der Waals surface area contributed by atoms with Crippen LogP contribution in [0.4, 0.5) is 14.9 Å². The summed E-state index contributed by atoms with van der Waals surface area (Å²) in [5.41, 5.74) is 3.09. The molecule has 23 heavy (non-hydrogen) atoms. The van der Waals surface area contributed by atoms with E-state index in [4.69, 9.17) is 11.6 Å². The van der Waals surface area contributed by atoms with Gasteiger partial charge in [-0.25, -0.2) is 17.6 Å². The highest BCUT2D eigenvalue weighted by molar-refractivity contribution is 7.89. The smallest absolute Gasteiger partial charge is 0.307 e. The fourth-order valence-corrected chi connectivity index (χ4v) is 2.70. The van der Waals surface area contributed by atoms with Crippen LogP contribution in [0.25, 0.3) is 0 Å². The van der Waals surface area contributed by atoms with Crippen molar-refractivity contribution >= 4 is 33.3 Å². The molecule has 0 aliphatic carbocycles. The summed E-state index contributed by atoms with van der Waals surface area (Å²) in [4.78, 5) is 13.5. The van der Waals surface area contributed by atoms with Gasteiger partial charge < -0.3 is 5.32 Å². The van der Waals surface area contributed by atoms with Crippen molar-refractivity contribution in [3.63, 3.8) is 0 Å². The fourth-order valence-electron chi connectivity index (χ4n) is 1.68. The number of carbonyl (C=O) groups excluding carboxylic acids is 1. The Balaban J connectivity index is 2.01. The summed E-state index contributed by atoms with van der Waals surface area (Å²) in [7, 11) is -4.00. The number of halogens is 2. The Labute approximate surface area is 137 Å². The molecule has 0 aliphatic rings. The van der Waals surface area contributed by atoms with Gasteiger partial charge in [0.15, 0.2) is 0 Å². The van der Waals surface area contributed by atoms with Crippen LogP contribution in [0.15, 0.2) is 47.4 Å². The van der Waals surface area contributed by atoms with Crippen LogP contribution < -0.4 is 15.6 Å². The quantitative estimate of drug-likeness (QED) is 0.735. The lowest BCUT2D eigenvalue weighted by molar-refractivity contribution is 0.250. The normalized spacial score (nSPS) is 11.1. The summed E-state index contributed by atoms with van der Waals surface area (Å²) >= 11 is 5.93. The van der Waals surface area contributed by atoms with E-state index in [2.05, 4.69) is 5.32 Å². The predicted octanol–water partition coefficient (Wildman–Crippen LogP) is 2.80. The first-order valence-electron chi connectivity index (χ1n) is 6.39. The lowest BCUT2D eigenvalue weighted by atomic mass is 10.2. The number of hydrazine groups is 1. The molecule has 0 aromatic heterocycles. The van der Waals surface area contributed by atoms with Gasteiger partial charge in [-0.1, -0.05) is 17.7 Å². The van der Waals surface area contributed by atoms with E-state index in [0.717, 1.165) is 24.3 Å². The van der Waals surface area contributed by atoms with Crippen molar-refractivity contribution in [3.8, 4) is 0 Å². The second kappa shape index (κ2) is 6.95. The summed E-state index contributed by atoms with van der Waals surface area (Å²) in [6.07, 6.45) is 0. The number of benzene rings is 2. The predicted molar refractivity (Wildman–Crippen MR) is 85.1 cm³/mol. The summed E-state index contributed by atoms with van der Waals surface area (Å²) in [5, 5.41) is 2.93. The lowest BCUT2D eigenvalue weighted by Crippen LogP contribution is -2.43. The molecule has 122 valence electrons. The first-order chi connectivity index (χ1) is 10.8. The Bertz CT molecular complexity index is 826. The zero-order valence-electron chi connectivity index (χ0n) is 11.9. The molecule has 0 radical (unpaired) electrons. The monoisotopic (exact) mass is 357 g/mol. The van der Waals surface area contributed by atoms with Gasteiger partial charge in [-0.2, -0.15) is 0 Å². The maximum atomic E-state index is 12.8. The minimum atomic E-state index is -4.00. The van der Waals surface area contributed by atoms with E-state index in [1.807, 2.05) is 10.3 Å². The molecule has 3 N–H and O–H groups in total. The van der Waals surface area contributed by atoms with E-state index in [1.54, 1.807) is 25.1 Å². The SMILES string of the molecule is Cc1c(Cl)cccc1NC(=O)NNS(=O)(=O)c1ccc(F)cc1. The molecule has 0 fully saturated rings. The van der Waals surface area contributed by atoms with E-state index >= 15 is 0 Å². The van der Waals surface area contributed by atoms with E-state index < -0.39 is 21.9 Å². The number of urea groups is 1. The fraction of sp³-hybridized carbons (Fsp3) is 0.0714. The van der Waals surface area contributed by atoms with Gasteiger partial charge in [-0.05, 0) is 48.9 Å². The third-order valence-corrected chi connectivity index (χ3v) is 4.61. The van der Waals surface area contributed by atoms with Crippen LogP contribution in [0.2, 0.25) is 5.02 Å². The van der Waals surface area contributed by atoms with Crippen molar-refractivity contribution in [2.75, 3.05) is 5.32 Å². The van der Waals surface area contributed by atoms with Gasteiger partial charge in [0.2, 0.25) is 0 Å². The molecule has 0 bridgehead atoms. The Hall–Kier alpha value is -2.16. The molecule has 0 saturated carbocycles. The van der Waals surface area contributed by atoms with Crippen LogP contribution in [0, 0.1) is 12.7 Å². The zero-order valence-corrected chi connectivity index (χ0v) is 13.5. The molecule has 0 aliphatic heterocycles. The molecule has 0 spiro atoms. The van der Waals surface area contributed by atoms with E-state index in [0.29, 0.717) is 16.3 Å². The van der Waals surface area contributed by atoms with Gasteiger partial charge >= 0.3 is 6.03 Å². The molecule has 0 atom stereocenters. The molecule has 9 heteroatoms. The topological polar surface area (TPSA) is 87.3 Å². The van der Waals surface area contributed by atoms with E-state index in [-0.39, 0.29) is 4.90 Å². The maximum absolute atomic E-state index is 12.8. The largest absolute Gasteiger partial charge is 0.334 e. The highest BCUT2D eigenvalue weighted by Crippen LogP contribution is 2.22. The van der Waals surface area contributed by atoms with Gasteiger partial charge in [0.05, 0.1) is 4.90 Å². The Morgan fingerprint density at radius 1 is 1.13 bits per heavy atom. The van der Waals surface area contributed by atoms with Crippen LogP contribution in [-0.4, -0.2) is 14.4 Å². The van der Waals surface area contributed by atoms with Gasteiger partial charge in [0.25, 0.3) is 10.0 Å². The average Bonchev–Trinajstić information content (AvgIpc) is 2.50. The van der Waals surface area contributed by atoms with Crippen LogP contribution in [0.3, 0.4) is 0 Å². The lowest BCUT2D eigenvalue weighted by Gasteiger charge is -2.11. The molecule has 2 rings (SSSR count). The number of nitrogens with one attached hydrogen (secondary N) is 3. The number of rotatable bonds is 4. The summed E-state index contributed by atoms with van der Waals surface area (Å²) < 4.78 is 36.6. The second-order valence-corrected chi connectivity index (χ2v) is 6.64. The van der Waals surface area contributed by atoms with Gasteiger partial charge in [0, 0.05) is 10.7 Å².